The molecule has 1 aliphatic heterocycles. The summed E-state index contributed by atoms with van der Waals surface area (Å²) in [5.74, 6) is -4.54. The molecule has 5 N–H and O–H groups in total. The van der Waals surface area contributed by atoms with E-state index in [0.717, 1.165) is 25.9 Å². The van der Waals surface area contributed by atoms with Crippen molar-refractivity contribution in [3.63, 3.8) is 0 Å². The molecular formula is C25H33N5O8. The Morgan fingerprint density at radius 1 is 1.03 bits per heavy atom. The zero-order valence-electron chi connectivity index (χ0n) is 21.3. The van der Waals surface area contributed by atoms with Crippen LogP contribution >= 0.6 is 0 Å². The first-order valence-corrected chi connectivity index (χ1v) is 11.9. The lowest BCUT2D eigenvalue weighted by molar-refractivity contribution is -0.170. The highest BCUT2D eigenvalue weighted by Gasteiger charge is 2.40. The summed E-state index contributed by atoms with van der Waals surface area (Å²) in [5, 5.41) is 36.8. The van der Waals surface area contributed by atoms with Gasteiger partial charge in [0.25, 0.3) is 5.91 Å². The van der Waals surface area contributed by atoms with Crippen molar-refractivity contribution in [1.82, 2.24) is 15.3 Å². The molecule has 13 nitrogen and oxygen atoms in total. The second-order valence-electron chi connectivity index (χ2n) is 8.97. The number of rotatable bonds is 11. The van der Waals surface area contributed by atoms with Gasteiger partial charge in [0.2, 0.25) is 5.95 Å². The van der Waals surface area contributed by atoms with E-state index < -0.39 is 36.4 Å². The van der Waals surface area contributed by atoms with Gasteiger partial charge in [0, 0.05) is 51.8 Å². The summed E-state index contributed by atoms with van der Waals surface area (Å²) >= 11 is 0. The smallest absolute Gasteiger partial charge is 0.336 e. The number of aliphatic hydroxyl groups is 1. The lowest BCUT2D eigenvalue weighted by Gasteiger charge is -2.31. The Morgan fingerprint density at radius 2 is 1.63 bits per heavy atom. The summed E-state index contributed by atoms with van der Waals surface area (Å²) in [6.07, 6.45) is 4.11. The monoisotopic (exact) mass is 531 g/mol. The highest BCUT2D eigenvalue weighted by molar-refractivity contribution is 5.93. The molecule has 0 bridgehead atoms. The molecule has 3 rings (SSSR count). The van der Waals surface area contributed by atoms with Crippen LogP contribution in [0.25, 0.3) is 0 Å². The van der Waals surface area contributed by atoms with E-state index in [4.69, 9.17) is 20.4 Å². The molecule has 2 aromatic rings. The molecule has 0 atom stereocenters. The first-order chi connectivity index (χ1) is 17.9. The first-order valence-electron chi connectivity index (χ1n) is 11.9. The number of fused-ring (bicyclic) bond motifs is 1. The van der Waals surface area contributed by atoms with Crippen LogP contribution in [0.15, 0.2) is 36.7 Å². The molecule has 2 heterocycles. The molecule has 38 heavy (non-hydrogen) atoms. The number of carboxylic acids is 3. The Bertz CT molecular complexity index is 1110. The molecule has 13 heteroatoms. The lowest BCUT2D eigenvalue weighted by Crippen LogP contribution is -2.42. The maximum Gasteiger partial charge on any atom is 0.336 e. The van der Waals surface area contributed by atoms with Gasteiger partial charge in [-0.05, 0) is 30.9 Å². The van der Waals surface area contributed by atoms with Crippen LogP contribution in [-0.4, -0.2) is 93.5 Å². The van der Waals surface area contributed by atoms with E-state index in [9.17, 15) is 19.2 Å². The Kier molecular flexibility index (Phi) is 10.9. The highest BCUT2D eigenvalue weighted by Crippen LogP contribution is 2.26. The molecule has 0 aliphatic carbocycles. The molecule has 0 radical (unpaired) electrons. The van der Waals surface area contributed by atoms with Crippen molar-refractivity contribution in [2.24, 2.45) is 0 Å². The van der Waals surface area contributed by atoms with Crippen LogP contribution < -0.4 is 15.1 Å². The van der Waals surface area contributed by atoms with Crippen LogP contribution in [0.1, 0.15) is 41.6 Å². The van der Waals surface area contributed by atoms with Gasteiger partial charge >= 0.3 is 17.9 Å². The van der Waals surface area contributed by atoms with Crippen molar-refractivity contribution in [2.75, 3.05) is 43.5 Å². The molecule has 0 saturated heterocycles. The molecule has 1 amide bonds. The van der Waals surface area contributed by atoms with Crippen molar-refractivity contribution in [3.8, 4) is 0 Å². The minimum Gasteiger partial charge on any atom is -0.481 e. The number of carbonyl (C=O) groups excluding carboxylic acids is 1. The van der Waals surface area contributed by atoms with Gasteiger partial charge in [0.1, 0.15) is 0 Å². The second kappa shape index (κ2) is 13.9. The van der Waals surface area contributed by atoms with E-state index in [0.29, 0.717) is 18.1 Å². The fourth-order valence-electron chi connectivity index (χ4n) is 3.80. The van der Waals surface area contributed by atoms with E-state index in [1.807, 2.05) is 14.1 Å². The fraction of sp³-hybridized carbons (Fsp3) is 0.440. The summed E-state index contributed by atoms with van der Waals surface area (Å²) in [7, 11) is 3.74. The summed E-state index contributed by atoms with van der Waals surface area (Å²) in [6, 6.07) is 8.60. The summed E-state index contributed by atoms with van der Waals surface area (Å²) in [4.78, 5) is 55.2. The predicted octanol–water partition coefficient (Wildman–Crippen LogP) is 0.867. The van der Waals surface area contributed by atoms with Gasteiger partial charge in [-0.25, -0.2) is 14.8 Å². The number of carboxylic acid groups (broad SMARTS) is 3. The number of hydrogen-bond acceptors (Lipinski definition) is 9. The minimum atomic E-state index is -2.74. The van der Waals surface area contributed by atoms with Crippen molar-refractivity contribution in [3.05, 3.63) is 47.8 Å². The van der Waals surface area contributed by atoms with Gasteiger partial charge in [-0.1, -0.05) is 18.2 Å². The van der Waals surface area contributed by atoms with Gasteiger partial charge < -0.3 is 35.5 Å². The number of nitrogens with one attached hydrogen (secondary N) is 1. The molecule has 1 aliphatic rings. The molecule has 0 spiro atoms. The van der Waals surface area contributed by atoms with Crippen LogP contribution in [0.4, 0.5) is 11.6 Å². The third-order valence-electron chi connectivity index (χ3n) is 5.68. The molecule has 1 aromatic carbocycles. The van der Waals surface area contributed by atoms with Crippen molar-refractivity contribution in [2.45, 2.75) is 37.7 Å². The number of para-hydroxylation sites is 1. The molecule has 1 aromatic heterocycles. The molecular weight excluding hydrogens is 498 g/mol. The average molecular weight is 532 g/mol. The number of amides is 1. The topological polar surface area (TPSA) is 193 Å². The standard InChI is InChI=1S/C19H25N5O.C6H8O7/c1-23(2)19-21-13-16(14-22-19)18(25)20-10-6-12-24-11-5-8-15-7-3-4-9-17(15)24;7-3(8)1-6(13,5(11)12)2-4(9)10/h3-4,7,9,13-14H,5-6,8,10-12H2,1-2H3,(H,20,25);13H,1-2H2,(H,7,8)(H,9,10)(H,11,12). The van der Waals surface area contributed by atoms with Crippen molar-refractivity contribution in [1.29, 1.82) is 0 Å². The van der Waals surface area contributed by atoms with Crippen LogP contribution in [0, 0.1) is 0 Å². The second-order valence-corrected chi connectivity index (χ2v) is 8.97. The number of anilines is 2. The van der Waals surface area contributed by atoms with Gasteiger partial charge in [-0.3, -0.25) is 14.4 Å². The van der Waals surface area contributed by atoms with Gasteiger partial charge in [-0.2, -0.15) is 0 Å². The van der Waals surface area contributed by atoms with Crippen molar-refractivity contribution >= 4 is 35.5 Å². The normalized spacial score (nSPS) is 12.4. The first kappa shape index (κ1) is 30.0. The molecule has 206 valence electrons. The Labute approximate surface area is 219 Å². The third kappa shape index (κ3) is 9.00. The predicted molar refractivity (Wildman–Crippen MR) is 137 cm³/mol. The quantitative estimate of drug-likeness (QED) is 0.257. The largest absolute Gasteiger partial charge is 0.481 e. The van der Waals surface area contributed by atoms with Crippen LogP contribution in [0.3, 0.4) is 0 Å². The van der Waals surface area contributed by atoms with Gasteiger partial charge in [0.05, 0.1) is 18.4 Å². The Balaban J connectivity index is 0.000000332. The Morgan fingerprint density at radius 3 is 2.18 bits per heavy atom. The van der Waals surface area contributed by atoms with E-state index in [1.165, 1.54) is 17.7 Å². The van der Waals surface area contributed by atoms with Gasteiger partial charge in [-0.15, -0.1) is 0 Å². The van der Waals surface area contributed by atoms with Crippen LogP contribution in [0.5, 0.6) is 0 Å². The number of nitrogens with zero attached hydrogens (tertiary/aromatic N) is 4. The average Bonchev–Trinajstić information content (AvgIpc) is 2.86. The maximum atomic E-state index is 12.2. The summed E-state index contributed by atoms with van der Waals surface area (Å²) in [5.41, 5.74) is 0.523. The number of hydrogen-bond donors (Lipinski definition) is 5. The van der Waals surface area contributed by atoms with E-state index in [1.54, 1.807) is 17.3 Å². The SMILES string of the molecule is CN(C)c1ncc(C(=O)NCCCN2CCCc3ccccc32)cn1.O=C(O)CC(O)(CC(=O)O)C(=O)O. The summed E-state index contributed by atoms with van der Waals surface area (Å²) in [6.45, 7) is 2.69. The zero-order chi connectivity index (χ0) is 28.3. The van der Waals surface area contributed by atoms with Crippen LogP contribution in [-0.2, 0) is 20.8 Å². The number of carbonyl (C=O) groups is 4. The van der Waals surface area contributed by atoms with E-state index in [2.05, 4.69) is 44.5 Å². The van der Waals surface area contributed by atoms with E-state index >= 15 is 0 Å². The molecule has 0 unspecified atom stereocenters. The van der Waals surface area contributed by atoms with Gasteiger partial charge in [0.15, 0.2) is 5.60 Å². The lowest BCUT2D eigenvalue weighted by atomic mass is 9.96. The van der Waals surface area contributed by atoms with Crippen LogP contribution in [0.2, 0.25) is 0 Å². The number of benzene rings is 1. The third-order valence-corrected chi connectivity index (χ3v) is 5.68. The molecule has 0 saturated carbocycles. The highest BCUT2D eigenvalue weighted by atomic mass is 16.4. The van der Waals surface area contributed by atoms with E-state index in [-0.39, 0.29) is 5.91 Å². The summed E-state index contributed by atoms with van der Waals surface area (Å²) < 4.78 is 0. The Hall–Kier alpha value is -4.26. The number of aliphatic carboxylic acids is 3. The minimum absolute atomic E-state index is 0.121. The number of aromatic nitrogens is 2. The maximum absolute atomic E-state index is 12.2. The number of aryl methyl sites for hydroxylation is 1. The van der Waals surface area contributed by atoms with Crippen molar-refractivity contribution < 1.29 is 39.6 Å². The zero-order valence-corrected chi connectivity index (χ0v) is 21.3. The fourth-order valence-corrected chi connectivity index (χ4v) is 3.80. The molecule has 0 fully saturated rings.